The molecule has 3 rings (SSSR count). The minimum Gasteiger partial charge on any atom is -0.308 e. The van der Waals surface area contributed by atoms with Gasteiger partial charge in [-0.25, -0.2) is 4.79 Å². The van der Waals surface area contributed by atoms with Crippen molar-refractivity contribution < 1.29 is 9.18 Å². The van der Waals surface area contributed by atoms with E-state index >= 15 is 0 Å². The van der Waals surface area contributed by atoms with Crippen molar-refractivity contribution in [3.63, 3.8) is 0 Å². The molecule has 116 valence electrons. The van der Waals surface area contributed by atoms with Crippen LogP contribution in [0.4, 0.5) is 20.7 Å². The second-order valence-electron chi connectivity index (χ2n) is 5.57. The minimum atomic E-state index is -0.379. The molecule has 2 N–H and O–H groups in total. The van der Waals surface area contributed by atoms with Crippen LogP contribution in [-0.4, -0.2) is 22.5 Å². The summed E-state index contributed by atoms with van der Waals surface area (Å²) in [6.45, 7) is -0.379. The lowest BCUT2D eigenvalue weighted by atomic mass is 10.1. The number of carbonyl (C=O) groups is 1. The zero-order chi connectivity index (χ0) is 15.5. The van der Waals surface area contributed by atoms with Crippen LogP contribution in [0.2, 0.25) is 0 Å². The molecular weight excluding hydrogens is 283 g/mol. The first-order chi connectivity index (χ1) is 10.7. The fraction of sp³-hybridized carbons (Fsp3) is 0.375. The molecule has 2 amide bonds. The number of nitrogens with zero attached hydrogens (tertiary/aromatic N) is 2. The van der Waals surface area contributed by atoms with E-state index in [0.29, 0.717) is 23.8 Å². The molecule has 22 heavy (non-hydrogen) atoms. The average Bonchev–Trinajstić information content (AvgIpc) is 3.26. The molecule has 0 radical (unpaired) electrons. The van der Waals surface area contributed by atoms with Crippen LogP contribution in [0, 0.1) is 0 Å². The molecule has 2 aromatic rings. The molecule has 6 heteroatoms. The van der Waals surface area contributed by atoms with Crippen molar-refractivity contribution in [2.45, 2.75) is 25.2 Å². The van der Waals surface area contributed by atoms with Crippen molar-refractivity contribution >= 4 is 17.5 Å². The summed E-state index contributed by atoms with van der Waals surface area (Å²) in [4.78, 5) is 12.0. The molecule has 1 fully saturated rings. The van der Waals surface area contributed by atoms with E-state index in [1.165, 1.54) is 12.8 Å². The maximum Gasteiger partial charge on any atom is 0.324 e. The Hall–Kier alpha value is -2.37. The van der Waals surface area contributed by atoms with Crippen LogP contribution < -0.4 is 10.6 Å². The van der Waals surface area contributed by atoms with Crippen LogP contribution in [0.25, 0.3) is 0 Å². The molecule has 0 spiro atoms. The van der Waals surface area contributed by atoms with E-state index in [1.807, 2.05) is 17.8 Å². The summed E-state index contributed by atoms with van der Waals surface area (Å²) in [6.07, 6.45) is 2.77. The molecular formula is C16H19FN4O. The van der Waals surface area contributed by atoms with Gasteiger partial charge in [-0.1, -0.05) is 12.1 Å². The maximum absolute atomic E-state index is 12.2. The Morgan fingerprint density at radius 1 is 1.32 bits per heavy atom. The molecule has 0 unspecified atom stereocenters. The molecule has 1 aromatic carbocycles. The van der Waals surface area contributed by atoms with Gasteiger partial charge in [0.25, 0.3) is 0 Å². The third-order valence-electron chi connectivity index (χ3n) is 3.75. The van der Waals surface area contributed by atoms with Crippen LogP contribution in [0.5, 0.6) is 0 Å². The van der Waals surface area contributed by atoms with E-state index < -0.39 is 0 Å². The quantitative estimate of drug-likeness (QED) is 0.888. The Bertz CT molecular complexity index is 661. The number of hydrogen-bond donors (Lipinski definition) is 2. The van der Waals surface area contributed by atoms with Crippen molar-refractivity contribution in [3.05, 3.63) is 41.6 Å². The predicted octanol–water partition coefficient (Wildman–Crippen LogP) is 3.45. The average molecular weight is 302 g/mol. The second kappa shape index (κ2) is 6.17. The molecule has 0 atom stereocenters. The Balaban J connectivity index is 1.58. The fourth-order valence-electron chi connectivity index (χ4n) is 2.45. The third-order valence-corrected chi connectivity index (χ3v) is 3.75. The van der Waals surface area contributed by atoms with E-state index in [0.717, 1.165) is 11.3 Å². The molecule has 0 bridgehead atoms. The highest BCUT2D eigenvalue weighted by Crippen LogP contribution is 2.40. The Morgan fingerprint density at radius 3 is 2.68 bits per heavy atom. The number of hydrogen-bond acceptors (Lipinski definition) is 2. The Labute approximate surface area is 128 Å². The second-order valence-corrected chi connectivity index (χ2v) is 5.57. The summed E-state index contributed by atoms with van der Waals surface area (Å²) in [7, 11) is 1.89. The first-order valence-electron chi connectivity index (χ1n) is 7.42. The van der Waals surface area contributed by atoms with Crippen LogP contribution in [0.1, 0.15) is 30.0 Å². The van der Waals surface area contributed by atoms with Gasteiger partial charge in [0.15, 0.2) is 5.82 Å². The largest absolute Gasteiger partial charge is 0.324 e. The number of anilines is 2. The van der Waals surface area contributed by atoms with Gasteiger partial charge in [0, 0.05) is 36.8 Å². The van der Waals surface area contributed by atoms with Gasteiger partial charge >= 0.3 is 6.03 Å². The van der Waals surface area contributed by atoms with Crippen molar-refractivity contribution in [1.82, 2.24) is 9.78 Å². The maximum atomic E-state index is 12.2. The van der Waals surface area contributed by atoms with Crippen molar-refractivity contribution in [2.24, 2.45) is 7.05 Å². The summed E-state index contributed by atoms with van der Waals surface area (Å²) in [5, 5.41) is 9.77. The normalized spacial score (nSPS) is 13.9. The number of benzene rings is 1. The summed E-state index contributed by atoms with van der Waals surface area (Å²) < 4.78 is 14.1. The van der Waals surface area contributed by atoms with Crippen LogP contribution in [0.3, 0.4) is 0 Å². The minimum absolute atomic E-state index is 0.335. The summed E-state index contributed by atoms with van der Waals surface area (Å²) >= 11 is 0. The van der Waals surface area contributed by atoms with E-state index in [1.54, 1.807) is 24.3 Å². The Kier molecular flexibility index (Phi) is 4.09. The van der Waals surface area contributed by atoms with Crippen LogP contribution in [0.15, 0.2) is 30.3 Å². The van der Waals surface area contributed by atoms with Gasteiger partial charge < -0.3 is 5.32 Å². The standard InChI is InChI=1S/C16H19FN4O/c1-21-14(12-4-5-12)10-15(20-21)19-16(22)18-13-6-2-11(3-7-13)8-9-17/h2-3,6-7,10,12H,4-5,8-9H2,1H3,(H2,18,19,20,22). The lowest BCUT2D eigenvalue weighted by molar-refractivity contribution is 0.262. The molecule has 0 aliphatic heterocycles. The number of nitrogens with one attached hydrogen (secondary N) is 2. The highest BCUT2D eigenvalue weighted by atomic mass is 19.1. The van der Waals surface area contributed by atoms with Crippen LogP contribution >= 0.6 is 0 Å². The monoisotopic (exact) mass is 302 g/mol. The SMILES string of the molecule is Cn1nc(NC(=O)Nc2ccc(CCF)cc2)cc1C1CC1. The number of alkyl halides is 1. The molecule has 1 aliphatic rings. The predicted molar refractivity (Wildman–Crippen MR) is 83.9 cm³/mol. The van der Waals surface area contributed by atoms with E-state index in [4.69, 9.17) is 0 Å². The van der Waals surface area contributed by atoms with Gasteiger partial charge in [-0.2, -0.15) is 5.10 Å². The lowest BCUT2D eigenvalue weighted by Gasteiger charge is -2.06. The molecule has 1 aliphatic carbocycles. The summed E-state index contributed by atoms with van der Waals surface area (Å²) in [6, 6.07) is 8.72. The lowest BCUT2D eigenvalue weighted by Crippen LogP contribution is -2.19. The molecule has 5 nitrogen and oxygen atoms in total. The molecule has 1 aromatic heterocycles. The highest BCUT2D eigenvalue weighted by molar-refractivity contribution is 5.99. The summed E-state index contributed by atoms with van der Waals surface area (Å²) in [5.74, 6) is 1.13. The first-order valence-corrected chi connectivity index (χ1v) is 7.42. The van der Waals surface area contributed by atoms with Gasteiger partial charge in [-0.05, 0) is 30.5 Å². The first kappa shape index (κ1) is 14.6. The van der Waals surface area contributed by atoms with Gasteiger partial charge in [-0.3, -0.25) is 14.4 Å². The highest BCUT2D eigenvalue weighted by Gasteiger charge is 2.27. The third kappa shape index (κ3) is 3.44. The van der Waals surface area contributed by atoms with Gasteiger partial charge in [-0.15, -0.1) is 0 Å². The van der Waals surface area contributed by atoms with Crippen molar-refractivity contribution in [3.8, 4) is 0 Å². The zero-order valence-corrected chi connectivity index (χ0v) is 12.5. The van der Waals surface area contributed by atoms with Crippen molar-refractivity contribution in [1.29, 1.82) is 0 Å². The number of aryl methyl sites for hydroxylation is 2. The van der Waals surface area contributed by atoms with Gasteiger partial charge in [0.2, 0.25) is 0 Å². The summed E-state index contributed by atoms with van der Waals surface area (Å²) in [5.41, 5.74) is 2.73. The Morgan fingerprint density at radius 2 is 2.05 bits per heavy atom. The smallest absolute Gasteiger partial charge is 0.308 e. The van der Waals surface area contributed by atoms with Gasteiger partial charge in [0.1, 0.15) is 0 Å². The van der Waals surface area contributed by atoms with Gasteiger partial charge in [0.05, 0.1) is 6.67 Å². The van der Waals surface area contributed by atoms with E-state index in [9.17, 15) is 9.18 Å². The number of carbonyl (C=O) groups excluding carboxylic acids is 1. The molecule has 1 heterocycles. The molecule has 0 saturated heterocycles. The van der Waals surface area contributed by atoms with E-state index in [-0.39, 0.29) is 12.7 Å². The van der Waals surface area contributed by atoms with Crippen molar-refractivity contribution in [2.75, 3.05) is 17.3 Å². The van der Waals surface area contributed by atoms with E-state index in [2.05, 4.69) is 15.7 Å². The number of rotatable bonds is 5. The van der Waals surface area contributed by atoms with Crippen LogP contribution in [-0.2, 0) is 13.5 Å². The number of aromatic nitrogens is 2. The number of amides is 2. The number of urea groups is 1. The zero-order valence-electron chi connectivity index (χ0n) is 12.5. The topological polar surface area (TPSA) is 59.0 Å². The number of halogens is 1. The molecule has 1 saturated carbocycles. The fourth-order valence-corrected chi connectivity index (χ4v) is 2.45.